The maximum atomic E-state index is 8.53. The summed E-state index contributed by atoms with van der Waals surface area (Å²) in [4.78, 5) is 2.50. The lowest BCUT2D eigenvalue weighted by Crippen LogP contribution is -2.42. The number of aliphatic hydroxyl groups is 1. The van der Waals surface area contributed by atoms with Crippen molar-refractivity contribution in [2.75, 3.05) is 46.0 Å². The van der Waals surface area contributed by atoms with Gasteiger partial charge >= 0.3 is 0 Å². The summed E-state index contributed by atoms with van der Waals surface area (Å²) in [6.45, 7) is 8.25. The van der Waals surface area contributed by atoms with Gasteiger partial charge in [-0.1, -0.05) is 6.92 Å². The molecule has 1 saturated heterocycles. The molecule has 16 heavy (non-hydrogen) atoms. The summed E-state index contributed by atoms with van der Waals surface area (Å²) in [7, 11) is 0. The van der Waals surface area contributed by atoms with Gasteiger partial charge in [-0.2, -0.15) is 0 Å². The molecule has 2 N–H and O–H groups in total. The van der Waals surface area contributed by atoms with Crippen LogP contribution in [0.15, 0.2) is 0 Å². The van der Waals surface area contributed by atoms with Gasteiger partial charge in [-0.3, -0.25) is 0 Å². The first kappa shape index (κ1) is 13.9. The summed E-state index contributed by atoms with van der Waals surface area (Å²) in [6.07, 6.45) is 3.57. The van der Waals surface area contributed by atoms with Crippen LogP contribution in [0.1, 0.15) is 26.2 Å². The van der Waals surface area contributed by atoms with E-state index < -0.39 is 0 Å². The fraction of sp³-hybridized carbons (Fsp3) is 1.00. The zero-order chi connectivity index (χ0) is 11.6. The second-order valence-corrected chi connectivity index (χ2v) is 4.35. The van der Waals surface area contributed by atoms with E-state index in [9.17, 15) is 0 Å². The molecule has 0 radical (unpaired) electrons. The minimum atomic E-state index is 0.128. The maximum absolute atomic E-state index is 8.53. The van der Waals surface area contributed by atoms with Gasteiger partial charge in [-0.05, 0) is 45.4 Å². The standard InChI is InChI=1S/C12H26N2O2/c1-2-14-7-4-12(5-8-14)13-6-3-10-16-11-9-15/h12-13,15H,2-11H2,1H3. The van der Waals surface area contributed by atoms with Crippen LogP contribution in [0.3, 0.4) is 0 Å². The highest BCUT2D eigenvalue weighted by Crippen LogP contribution is 2.09. The lowest BCUT2D eigenvalue weighted by Gasteiger charge is -2.31. The summed E-state index contributed by atoms with van der Waals surface area (Å²) >= 11 is 0. The SMILES string of the molecule is CCN1CCC(NCCCOCCO)CC1. The van der Waals surface area contributed by atoms with Crippen LogP contribution in [-0.2, 0) is 4.74 Å². The summed E-state index contributed by atoms with van der Waals surface area (Å²) in [5.41, 5.74) is 0. The molecule has 0 aliphatic carbocycles. The second-order valence-electron chi connectivity index (χ2n) is 4.35. The van der Waals surface area contributed by atoms with Crippen LogP contribution in [0.5, 0.6) is 0 Å². The number of likely N-dealkylation sites (tertiary alicyclic amines) is 1. The second kappa shape index (κ2) is 8.93. The molecule has 1 aliphatic heterocycles. The van der Waals surface area contributed by atoms with Crippen molar-refractivity contribution >= 4 is 0 Å². The molecule has 0 atom stereocenters. The van der Waals surface area contributed by atoms with Crippen molar-refractivity contribution in [1.29, 1.82) is 0 Å². The van der Waals surface area contributed by atoms with Crippen molar-refractivity contribution in [3.8, 4) is 0 Å². The molecule has 0 aromatic heterocycles. The Morgan fingerprint density at radius 3 is 2.69 bits per heavy atom. The Labute approximate surface area is 99.0 Å². The minimum Gasteiger partial charge on any atom is -0.394 e. The highest BCUT2D eigenvalue weighted by atomic mass is 16.5. The summed E-state index contributed by atoms with van der Waals surface area (Å²) < 4.78 is 5.21. The summed E-state index contributed by atoms with van der Waals surface area (Å²) in [5, 5.41) is 12.1. The first-order chi connectivity index (χ1) is 7.86. The number of hydrogen-bond donors (Lipinski definition) is 2. The van der Waals surface area contributed by atoms with E-state index in [1.165, 1.54) is 32.5 Å². The van der Waals surface area contributed by atoms with Crippen molar-refractivity contribution in [2.45, 2.75) is 32.2 Å². The Kier molecular flexibility index (Phi) is 7.76. The molecule has 96 valence electrons. The highest BCUT2D eigenvalue weighted by molar-refractivity contribution is 4.76. The van der Waals surface area contributed by atoms with Gasteiger partial charge < -0.3 is 20.1 Å². The Morgan fingerprint density at radius 1 is 1.31 bits per heavy atom. The average Bonchev–Trinajstić information content (AvgIpc) is 2.34. The van der Waals surface area contributed by atoms with E-state index in [4.69, 9.17) is 9.84 Å². The molecule has 4 heteroatoms. The molecular weight excluding hydrogens is 204 g/mol. The molecular formula is C12H26N2O2. The van der Waals surface area contributed by atoms with Gasteiger partial charge in [0.25, 0.3) is 0 Å². The quantitative estimate of drug-likeness (QED) is 0.595. The van der Waals surface area contributed by atoms with Gasteiger partial charge in [-0.15, -0.1) is 0 Å². The Hall–Kier alpha value is -0.160. The third-order valence-electron chi connectivity index (χ3n) is 3.17. The third-order valence-corrected chi connectivity index (χ3v) is 3.17. The lowest BCUT2D eigenvalue weighted by atomic mass is 10.1. The summed E-state index contributed by atoms with van der Waals surface area (Å²) in [6, 6.07) is 0.695. The van der Waals surface area contributed by atoms with Crippen LogP contribution in [0, 0.1) is 0 Å². The Bertz CT molecular complexity index is 159. The van der Waals surface area contributed by atoms with Crippen molar-refractivity contribution in [3.63, 3.8) is 0 Å². The molecule has 1 rings (SSSR count). The smallest absolute Gasteiger partial charge is 0.0697 e. The number of nitrogens with zero attached hydrogens (tertiary/aromatic N) is 1. The predicted octanol–water partition coefficient (Wildman–Crippen LogP) is 0.459. The fourth-order valence-electron chi connectivity index (χ4n) is 2.10. The topological polar surface area (TPSA) is 44.7 Å². The van der Waals surface area contributed by atoms with Gasteiger partial charge in [0.2, 0.25) is 0 Å². The molecule has 0 bridgehead atoms. The van der Waals surface area contributed by atoms with E-state index in [0.29, 0.717) is 12.6 Å². The number of ether oxygens (including phenoxy) is 1. The van der Waals surface area contributed by atoms with Crippen molar-refractivity contribution in [2.24, 2.45) is 0 Å². The molecule has 0 aromatic carbocycles. The minimum absolute atomic E-state index is 0.128. The Balaban J connectivity index is 1.90. The van der Waals surface area contributed by atoms with E-state index in [0.717, 1.165) is 19.6 Å². The van der Waals surface area contributed by atoms with E-state index in [1.807, 2.05) is 0 Å². The molecule has 0 unspecified atom stereocenters. The number of rotatable bonds is 8. The zero-order valence-electron chi connectivity index (χ0n) is 10.5. The van der Waals surface area contributed by atoms with E-state index in [2.05, 4.69) is 17.1 Å². The van der Waals surface area contributed by atoms with Gasteiger partial charge in [0, 0.05) is 12.6 Å². The van der Waals surface area contributed by atoms with Crippen molar-refractivity contribution in [1.82, 2.24) is 10.2 Å². The molecule has 1 heterocycles. The average molecular weight is 230 g/mol. The first-order valence-electron chi connectivity index (χ1n) is 6.51. The first-order valence-corrected chi connectivity index (χ1v) is 6.51. The van der Waals surface area contributed by atoms with Gasteiger partial charge in [0.15, 0.2) is 0 Å². The number of piperidine rings is 1. The van der Waals surface area contributed by atoms with Crippen LogP contribution in [0.4, 0.5) is 0 Å². The number of aliphatic hydroxyl groups excluding tert-OH is 1. The normalized spacial score (nSPS) is 19.1. The van der Waals surface area contributed by atoms with Crippen molar-refractivity contribution < 1.29 is 9.84 Å². The molecule has 0 aromatic rings. The Morgan fingerprint density at radius 2 is 2.06 bits per heavy atom. The van der Waals surface area contributed by atoms with Crippen LogP contribution < -0.4 is 5.32 Å². The predicted molar refractivity (Wildman–Crippen MR) is 65.7 cm³/mol. The van der Waals surface area contributed by atoms with Gasteiger partial charge in [0.05, 0.1) is 13.2 Å². The summed E-state index contributed by atoms with van der Waals surface area (Å²) in [5.74, 6) is 0. The van der Waals surface area contributed by atoms with E-state index in [-0.39, 0.29) is 6.61 Å². The van der Waals surface area contributed by atoms with Gasteiger partial charge in [-0.25, -0.2) is 0 Å². The van der Waals surface area contributed by atoms with Crippen LogP contribution in [-0.4, -0.2) is 62.0 Å². The van der Waals surface area contributed by atoms with E-state index >= 15 is 0 Å². The largest absolute Gasteiger partial charge is 0.394 e. The van der Waals surface area contributed by atoms with E-state index in [1.54, 1.807) is 0 Å². The highest BCUT2D eigenvalue weighted by Gasteiger charge is 2.16. The van der Waals surface area contributed by atoms with Crippen LogP contribution >= 0.6 is 0 Å². The van der Waals surface area contributed by atoms with Gasteiger partial charge in [0.1, 0.15) is 0 Å². The third kappa shape index (κ3) is 5.80. The molecule has 0 amide bonds. The monoisotopic (exact) mass is 230 g/mol. The molecule has 4 nitrogen and oxygen atoms in total. The van der Waals surface area contributed by atoms with Crippen LogP contribution in [0.25, 0.3) is 0 Å². The fourth-order valence-corrected chi connectivity index (χ4v) is 2.10. The van der Waals surface area contributed by atoms with Crippen molar-refractivity contribution in [3.05, 3.63) is 0 Å². The molecule has 1 fully saturated rings. The molecule has 0 saturated carbocycles. The lowest BCUT2D eigenvalue weighted by molar-refractivity contribution is 0.0898. The number of nitrogens with one attached hydrogen (secondary N) is 1. The molecule has 0 spiro atoms. The molecule has 1 aliphatic rings. The number of hydrogen-bond acceptors (Lipinski definition) is 4. The van der Waals surface area contributed by atoms with Crippen LogP contribution in [0.2, 0.25) is 0 Å². The maximum Gasteiger partial charge on any atom is 0.0697 e. The zero-order valence-corrected chi connectivity index (χ0v) is 10.5.